The maximum Gasteiger partial charge on any atom is 0.329 e. The number of ether oxygens (including phenoxy) is 2. The molecule has 0 unspecified atom stereocenters. The zero-order valence-corrected chi connectivity index (χ0v) is 11.0. The van der Waals surface area contributed by atoms with Gasteiger partial charge in [0.2, 0.25) is 0 Å². The van der Waals surface area contributed by atoms with Crippen LogP contribution in [0.1, 0.15) is 12.8 Å². The maximum absolute atomic E-state index is 11.2. The number of rotatable bonds is 6. The first-order valence-corrected chi connectivity index (χ1v) is 5.85. The molecule has 0 radical (unpaired) electrons. The Balaban J connectivity index is 2.45. The predicted octanol–water partition coefficient (Wildman–Crippen LogP) is 1.64. The second-order valence-corrected chi connectivity index (χ2v) is 4.49. The van der Waals surface area contributed by atoms with Gasteiger partial charge in [0, 0.05) is 6.07 Å². The Bertz CT molecular complexity index is 567. The van der Waals surface area contributed by atoms with Gasteiger partial charge in [-0.2, -0.15) is 0 Å². The molecule has 0 aromatic heterocycles. The molecule has 8 heteroatoms. The number of hydrogen-bond acceptors (Lipinski definition) is 6. The van der Waals surface area contributed by atoms with Crippen molar-refractivity contribution in [2.45, 2.75) is 18.4 Å². The molecule has 1 fully saturated rings. The van der Waals surface area contributed by atoms with E-state index in [1.165, 1.54) is 26.4 Å². The van der Waals surface area contributed by atoms with E-state index >= 15 is 0 Å². The van der Waals surface area contributed by atoms with Gasteiger partial charge in [0.15, 0.2) is 11.5 Å². The molecule has 0 heterocycles. The summed E-state index contributed by atoms with van der Waals surface area (Å²) in [5.74, 6) is -0.520. The molecule has 0 atom stereocenters. The minimum atomic E-state index is -1.12. The van der Waals surface area contributed by atoms with Crippen molar-refractivity contribution in [3.05, 3.63) is 22.2 Å². The predicted molar refractivity (Wildman–Crippen MR) is 69.4 cm³/mol. The molecule has 8 nitrogen and oxygen atoms in total. The van der Waals surface area contributed by atoms with Crippen LogP contribution in [0.25, 0.3) is 0 Å². The van der Waals surface area contributed by atoms with E-state index in [4.69, 9.17) is 14.6 Å². The monoisotopic (exact) mass is 282 g/mol. The lowest BCUT2D eigenvalue weighted by molar-refractivity contribution is -0.384. The van der Waals surface area contributed by atoms with Gasteiger partial charge in [-0.05, 0) is 12.8 Å². The van der Waals surface area contributed by atoms with Crippen molar-refractivity contribution in [2.75, 3.05) is 19.5 Å². The number of carboxylic acid groups (broad SMARTS) is 1. The van der Waals surface area contributed by atoms with Crippen molar-refractivity contribution < 1.29 is 24.3 Å². The number of nitrogens with zero attached hydrogens (tertiary/aromatic N) is 1. The fourth-order valence-electron chi connectivity index (χ4n) is 1.89. The van der Waals surface area contributed by atoms with Crippen molar-refractivity contribution >= 4 is 17.3 Å². The summed E-state index contributed by atoms with van der Waals surface area (Å²) in [4.78, 5) is 21.7. The van der Waals surface area contributed by atoms with E-state index in [9.17, 15) is 14.9 Å². The van der Waals surface area contributed by atoms with Gasteiger partial charge in [-0.25, -0.2) is 4.79 Å². The summed E-state index contributed by atoms with van der Waals surface area (Å²) in [5, 5.41) is 22.9. The molecule has 1 aromatic carbocycles. The van der Waals surface area contributed by atoms with Crippen LogP contribution < -0.4 is 14.8 Å². The van der Waals surface area contributed by atoms with E-state index in [2.05, 4.69) is 5.32 Å². The zero-order valence-electron chi connectivity index (χ0n) is 11.0. The van der Waals surface area contributed by atoms with Gasteiger partial charge >= 0.3 is 5.97 Å². The number of nitro benzene ring substituents is 1. The van der Waals surface area contributed by atoms with Crippen LogP contribution in [0.15, 0.2) is 12.1 Å². The number of benzene rings is 1. The summed E-state index contributed by atoms with van der Waals surface area (Å²) in [6, 6.07) is 2.58. The Morgan fingerprint density at radius 1 is 1.35 bits per heavy atom. The lowest BCUT2D eigenvalue weighted by Crippen LogP contribution is -2.31. The normalized spacial score (nSPS) is 15.3. The number of anilines is 1. The van der Waals surface area contributed by atoms with Crippen molar-refractivity contribution in [3.8, 4) is 11.5 Å². The second-order valence-electron chi connectivity index (χ2n) is 4.49. The first-order valence-electron chi connectivity index (χ1n) is 5.85. The first kappa shape index (κ1) is 13.9. The Morgan fingerprint density at radius 2 is 1.90 bits per heavy atom. The van der Waals surface area contributed by atoms with Crippen LogP contribution in [0.4, 0.5) is 11.4 Å². The topological polar surface area (TPSA) is 111 Å². The number of carboxylic acids is 1. The van der Waals surface area contributed by atoms with E-state index in [0.29, 0.717) is 18.6 Å². The molecule has 1 saturated carbocycles. The summed E-state index contributed by atoms with van der Waals surface area (Å²) in [5.41, 5.74) is -1.27. The fraction of sp³-hybridized carbons (Fsp3) is 0.417. The highest BCUT2D eigenvalue weighted by molar-refractivity contribution is 5.88. The summed E-state index contributed by atoms with van der Waals surface area (Å²) in [6.07, 6.45) is 0.849. The minimum absolute atomic E-state index is 0.104. The van der Waals surface area contributed by atoms with Crippen LogP contribution in [-0.2, 0) is 4.79 Å². The Morgan fingerprint density at radius 3 is 2.30 bits per heavy atom. The van der Waals surface area contributed by atoms with Crippen molar-refractivity contribution in [3.63, 3.8) is 0 Å². The quantitative estimate of drug-likeness (QED) is 0.602. The lowest BCUT2D eigenvalue weighted by atomic mass is 10.2. The van der Waals surface area contributed by atoms with Crippen LogP contribution in [0.3, 0.4) is 0 Å². The molecule has 1 aliphatic carbocycles. The van der Waals surface area contributed by atoms with Gasteiger partial charge in [-0.1, -0.05) is 0 Å². The summed E-state index contributed by atoms with van der Waals surface area (Å²) in [6.45, 7) is 0. The average molecular weight is 282 g/mol. The fourth-order valence-corrected chi connectivity index (χ4v) is 1.89. The van der Waals surface area contributed by atoms with E-state index in [1.54, 1.807) is 0 Å². The van der Waals surface area contributed by atoms with E-state index in [0.717, 1.165) is 0 Å². The summed E-state index contributed by atoms with van der Waals surface area (Å²) >= 11 is 0. The molecular formula is C12H14N2O6. The van der Waals surface area contributed by atoms with Crippen molar-refractivity contribution in [1.29, 1.82) is 0 Å². The first-order chi connectivity index (χ1) is 9.43. The average Bonchev–Trinajstić information content (AvgIpc) is 3.18. The molecule has 2 rings (SSSR count). The van der Waals surface area contributed by atoms with Crippen LogP contribution in [-0.4, -0.2) is 35.8 Å². The molecule has 0 aliphatic heterocycles. The highest BCUT2D eigenvalue weighted by atomic mass is 16.6. The standard InChI is InChI=1S/C12H14N2O6/c1-19-9-5-7(13-12(3-4-12)11(15)16)8(14(17)18)6-10(9)20-2/h5-6,13H,3-4H2,1-2H3,(H,15,16). The number of methoxy groups -OCH3 is 2. The largest absolute Gasteiger partial charge is 0.493 e. The zero-order chi connectivity index (χ0) is 14.9. The van der Waals surface area contributed by atoms with E-state index in [-0.39, 0.29) is 17.1 Å². The summed E-state index contributed by atoms with van der Waals surface area (Å²) < 4.78 is 10.1. The van der Waals surface area contributed by atoms with Gasteiger partial charge in [-0.3, -0.25) is 10.1 Å². The van der Waals surface area contributed by atoms with E-state index in [1.807, 2.05) is 0 Å². The highest BCUT2D eigenvalue weighted by Crippen LogP contribution is 2.44. The third-order valence-electron chi connectivity index (χ3n) is 3.23. The third kappa shape index (κ3) is 2.31. The molecule has 108 valence electrons. The van der Waals surface area contributed by atoms with Crippen molar-refractivity contribution in [1.82, 2.24) is 0 Å². The number of hydrogen-bond donors (Lipinski definition) is 2. The van der Waals surface area contributed by atoms with E-state index < -0.39 is 16.4 Å². The van der Waals surface area contributed by atoms with Crippen LogP contribution in [0.5, 0.6) is 11.5 Å². The molecule has 0 bridgehead atoms. The van der Waals surface area contributed by atoms with Gasteiger partial charge in [0.25, 0.3) is 5.69 Å². The third-order valence-corrected chi connectivity index (χ3v) is 3.23. The van der Waals surface area contributed by atoms with Crippen LogP contribution in [0, 0.1) is 10.1 Å². The number of nitrogens with one attached hydrogen (secondary N) is 1. The van der Waals surface area contributed by atoms with Gasteiger partial charge in [-0.15, -0.1) is 0 Å². The minimum Gasteiger partial charge on any atom is -0.493 e. The second kappa shape index (κ2) is 4.87. The molecule has 20 heavy (non-hydrogen) atoms. The summed E-state index contributed by atoms with van der Waals surface area (Å²) in [7, 11) is 2.77. The molecule has 0 amide bonds. The van der Waals surface area contributed by atoms with Crippen LogP contribution >= 0.6 is 0 Å². The molecule has 0 saturated heterocycles. The molecule has 2 N–H and O–H groups in total. The van der Waals surface area contributed by atoms with Crippen molar-refractivity contribution in [2.24, 2.45) is 0 Å². The number of carbonyl (C=O) groups is 1. The smallest absolute Gasteiger partial charge is 0.329 e. The van der Waals surface area contributed by atoms with Gasteiger partial charge in [0.1, 0.15) is 11.2 Å². The molecule has 1 aromatic rings. The molecule has 0 spiro atoms. The Kier molecular flexibility index (Phi) is 3.39. The Labute approximate surface area is 114 Å². The number of nitro groups is 1. The van der Waals surface area contributed by atoms with Gasteiger partial charge < -0.3 is 19.9 Å². The maximum atomic E-state index is 11.2. The molecular weight excluding hydrogens is 268 g/mol. The number of aliphatic carboxylic acids is 1. The Hall–Kier alpha value is -2.51. The SMILES string of the molecule is COc1cc(NC2(C(=O)O)CC2)c([N+](=O)[O-])cc1OC. The van der Waals surface area contributed by atoms with Crippen LogP contribution in [0.2, 0.25) is 0 Å². The molecule has 1 aliphatic rings. The lowest BCUT2D eigenvalue weighted by Gasteiger charge is -2.16. The van der Waals surface area contributed by atoms with Gasteiger partial charge in [0.05, 0.1) is 25.2 Å². The highest BCUT2D eigenvalue weighted by Gasteiger charge is 2.51.